The maximum Gasteiger partial charge on any atom is 0.269 e. The molecule has 0 fully saturated rings. The van der Waals surface area contributed by atoms with E-state index >= 15 is 0 Å². The van der Waals surface area contributed by atoms with Crippen LogP contribution in [-0.4, -0.2) is 33.2 Å². The summed E-state index contributed by atoms with van der Waals surface area (Å²) in [6, 6.07) is 1.62. The van der Waals surface area contributed by atoms with Crippen LogP contribution in [0.15, 0.2) is 21.5 Å². The van der Waals surface area contributed by atoms with Gasteiger partial charge in [0, 0.05) is 26.7 Å². The molecule has 7 heteroatoms. The molecule has 0 bridgehead atoms. The lowest BCUT2D eigenvalue weighted by molar-refractivity contribution is 0.588. The van der Waals surface area contributed by atoms with E-state index in [4.69, 9.17) is 0 Å². The van der Waals surface area contributed by atoms with Crippen molar-refractivity contribution in [1.82, 2.24) is 19.6 Å². The number of aryl methyl sites for hydroxylation is 2. The highest BCUT2D eigenvalue weighted by atomic mass is 79.9. The van der Waals surface area contributed by atoms with Gasteiger partial charge in [-0.05, 0) is 29.3 Å². The first kappa shape index (κ1) is 15.8. The zero-order chi connectivity index (χ0) is 15.6. The second-order valence-corrected chi connectivity index (χ2v) is 5.89. The number of anilines is 1. The predicted octanol–water partition coefficient (Wildman–Crippen LogP) is 1.94. The fraction of sp³-hybridized carbons (Fsp3) is 0.500. The third-order valence-corrected chi connectivity index (χ3v) is 4.45. The molecule has 0 aliphatic heterocycles. The fourth-order valence-corrected chi connectivity index (χ4v) is 2.67. The molecular formula is C14H20BrN5O. The molecule has 0 N–H and O–H groups in total. The zero-order valence-electron chi connectivity index (χ0n) is 12.8. The van der Waals surface area contributed by atoms with Crippen LogP contribution in [0.2, 0.25) is 0 Å². The highest BCUT2D eigenvalue weighted by Gasteiger charge is 2.13. The molecule has 2 aromatic heterocycles. The first-order valence-electron chi connectivity index (χ1n) is 6.90. The van der Waals surface area contributed by atoms with E-state index in [9.17, 15) is 4.79 Å². The second-order valence-electron chi connectivity index (χ2n) is 5.10. The van der Waals surface area contributed by atoms with E-state index in [-0.39, 0.29) is 5.56 Å². The molecule has 114 valence electrons. The Hall–Kier alpha value is -1.63. The van der Waals surface area contributed by atoms with E-state index < -0.39 is 0 Å². The first-order chi connectivity index (χ1) is 9.93. The van der Waals surface area contributed by atoms with Crippen molar-refractivity contribution in [3.8, 4) is 0 Å². The number of hydrogen-bond donors (Lipinski definition) is 0. The molecule has 0 aliphatic carbocycles. The van der Waals surface area contributed by atoms with Crippen LogP contribution in [0.5, 0.6) is 0 Å². The molecule has 2 heterocycles. The molecule has 0 aromatic carbocycles. The van der Waals surface area contributed by atoms with Gasteiger partial charge >= 0.3 is 0 Å². The van der Waals surface area contributed by atoms with Crippen molar-refractivity contribution in [2.45, 2.75) is 26.8 Å². The number of hydrogen-bond acceptors (Lipinski definition) is 4. The van der Waals surface area contributed by atoms with Gasteiger partial charge in [-0.2, -0.15) is 10.2 Å². The van der Waals surface area contributed by atoms with Crippen LogP contribution in [-0.2, 0) is 13.6 Å². The van der Waals surface area contributed by atoms with Crippen LogP contribution in [0, 0.1) is 6.92 Å². The van der Waals surface area contributed by atoms with Crippen LogP contribution in [0.4, 0.5) is 5.69 Å². The molecule has 0 saturated carbocycles. The van der Waals surface area contributed by atoms with Crippen molar-refractivity contribution in [1.29, 1.82) is 0 Å². The van der Waals surface area contributed by atoms with Crippen molar-refractivity contribution in [3.63, 3.8) is 0 Å². The first-order valence-corrected chi connectivity index (χ1v) is 7.69. The lowest BCUT2D eigenvalue weighted by atomic mass is 10.3. The summed E-state index contributed by atoms with van der Waals surface area (Å²) in [5.74, 6) is 0. The lowest BCUT2D eigenvalue weighted by Crippen LogP contribution is -2.27. The van der Waals surface area contributed by atoms with E-state index in [1.54, 1.807) is 16.9 Å². The number of halogens is 1. The maximum atomic E-state index is 12.2. The number of rotatable bonds is 5. The van der Waals surface area contributed by atoms with Crippen molar-refractivity contribution in [3.05, 3.63) is 38.5 Å². The van der Waals surface area contributed by atoms with Crippen molar-refractivity contribution >= 4 is 21.6 Å². The van der Waals surface area contributed by atoms with Crippen molar-refractivity contribution < 1.29 is 0 Å². The predicted molar refractivity (Wildman–Crippen MR) is 86.8 cm³/mol. The van der Waals surface area contributed by atoms with E-state index in [2.05, 4.69) is 33.1 Å². The molecule has 0 unspecified atom stereocenters. The zero-order valence-corrected chi connectivity index (χ0v) is 14.4. The molecular weight excluding hydrogens is 334 g/mol. The normalized spacial score (nSPS) is 10.9. The van der Waals surface area contributed by atoms with Crippen LogP contribution in [0.1, 0.15) is 24.7 Å². The SMILES string of the molecule is CCCN(C)c1cnn(Cc2c(Br)c(C)nn2C)c(=O)c1. The Morgan fingerprint density at radius 3 is 2.67 bits per heavy atom. The van der Waals surface area contributed by atoms with Crippen LogP contribution in [0.25, 0.3) is 0 Å². The molecule has 0 radical (unpaired) electrons. The summed E-state index contributed by atoms with van der Waals surface area (Å²) in [7, 11) is 3.83. The van der Waals surface area contributed by atoms with Gasteiger partial charge in [0.1, 0.15) is 0 Å². The lowest BCUT2D eigenvalue weighted by Gasteiger charge is -2.17. The van der Waals surface area contributed by atoms with Crippen molar-refractivity contribution in [2.24, 2.45) is 7.05 Å². The summed E-state index contributed by atoms with van der Waals surface area (Å²) in [6.07, 6.45) is 2.76. The van der Waals surface area contributed by atoms with Gasteiger partial charge in [0.05, 0.1) is 34.3 Å². The monoisotopic (exact) mass is 353 g/mol. The summed E-state index contributed by atoms with van der Waals surface area (Å²) >= 11 is 3.51. The summed E-state index contributed by atoms with van der Waals surface area (Å²) in [5.41, 5.74) is 2.57. The Bertz CT molecular complexity index is 691. The fourth-order valence-electron chi connectivity index (χ4n) is 2.21. The van der Waals surface area contributed by atoms with Gasteiger partial charge in [-0.15, -0.1) is 0 Å². The van der Waals surface area contributed by atoms with E-state index in [1.807, 2.05) is 25.9 Å². The number of nitrogens with zero attached hydrogens (tertiary/aromatic N) is 5. The van der Waals surface area contributed by atoms with Gasteiger partial charge in [-0.3, -0.25) is 9.48 Å². The van der Waals surface area contributed by atoms with Gasteiger partial charge in [-0.1, -0.05) is 6.92 Å². The molecule has 2 aromatic rings. The quantitative estimate of drug-likeness (QED) is 0.824. The largest absolute Gasteiger partial charge is 0.373 e. The maximum absolute atomic E-state index is 12.2. The van der Waals surface area contributed by atoms with Gasteiger partial charge < -0.3 is 4.90 Å². The Labute approximate surface area is 132 Å². The summed E-state index contributed by atoms with van der Waals surface area (Å²) in [4.78, 5) is 14.2. The summed E-state index contributed by atoms with van der Waals surface area (Å²) in [6.45, 7) is 5.33. The Kier molecular flexibility index (Phi) is 4.82. The minimum Gasteiger partial charge on any atom is -0.373 e. The molecule has 2 rings (SSSR count). The molecule has 0 aliphatic rings. The highest BCUT2D eigenvalue weighted by molar-refractivity contribution is 9.10. The third-order valence-electron chi connectivity index (χ3n) is 3.42. The van der Waals surface area contributed by atoms with Crippen LogP contribution in [0.3, 0.4) is 0 Å². The molecule has 6 nitrogen and oxygen atoms in total. The summed E-state index contributed by atoms with van der Waals surface area (Å²) in [5, 5.41) is 8.59. The Balaban J connectivity index is 2.28. The minimum absolute atomic E-state index is 0.110. The molecule has 21 heavy (non-hydrogen) atoms. The number of aromatic nitrogens is 4. The Morgan fingerprint density at radius 2 is 2.14 bits per heavy atom. The van der Waals surface area contributed by atoms with E-state index in [0.29, 0.717) is 6.54 Å². The van der Waals surface area contributed by atoms with Gasteiger partial charge in [0.25, 0.3) is 5.56 Å². The Morgan fingerprint density at radius 1 is 1.43 bits per heavy atom. The molecule has 0 atom stereocenters. The molecule has 0 amide bonds. The van der Waals surface area contributed by atoms with E-state index in [0.717, 1.165) is 34.5 Å². The molecule has 0 saturated heterocycles. The smallest absolute Gasteiger partial charge is 0.269 e. The average molecular weight is 354 g/mol. The minimum atomic E-state index is -0.110. The van der Waals surface area contributed by atoms with Crippen LogP contribution < -0.4 is 10.5 Å². The molecule has 0 spiro atoms. The third kappa shape index (κ3) is 3.34. The van der Waals surface area contributed by atoms with Crippen molar-refractivity contribution in [2.75, 3.05) is 18.5 Å². The van der Waals surface area contributed by atoms with Crippen LogP contribution >= 0.6 is 15.9 Å². The van der Waals surface area contributed by atoms with E-state index in [1.165, 1.54) is 4.68 Å². The van der Waals surface area contributed by atoms with Gasteiger partial charge in [0.15, 0.2) is 0 Å². The second kappa shape index (κ2) is 6.43. The standard InChI is InChI=1S/C14H20BrN5O/c1-5-6-18(3)11-7-13(21)20(16-8-11)9-12-14(15)10(2)17-19(12)4/h7-8H,5-6,9H2,1-4H3. The summed E-state index contributed by atoms with van der Waals surface area (Å²) < 4.78 is 4.14. The van der Waals surface area contributed by atoms with Gasteiger partial charge in [-0.25, -0.2) is 4.68 Å². The highest BCUT2D eigenvalue weighted by Crippen LogP contribution is 2.20. The topological polar surface area (TPSA) is 56.0 Å². The average Bonchev–Trinajstić information content (AvgIpc) is 2.67. The van der Waals surface area contributed by atoms with Gasteiger partial charge in [0.2, 0.25) is 0 Å².